The van der Waals surface area contributed by atoms with Crippen molar-refractivity contribution in [2.45, 2.75) is 19.9 Å². The number of hydrogen-bond donors (Lipinski definition) is 1. The minimum atomic E-state index is -1.01. The van der Waals surface area contributed by atoms with Gasteiger partial charge in [-0.15, -0.1) is 11.3 Å². The van der Waals surface area contributed by atoms with Gasteiger partial charge in [0.25, 0.3) is 5.91 Å². The number of hydrogen-bond acceptors (Lipinski definition) is 5. The molecule has 3 rings (SSSR count). The summed E-state index contributed by atoms with van der Waals surface area (Å²) in [4.78, 5) is 33.4. The predicted molar refractivity (Wildman–Crippen MR) is 101 cm³/mol. The molecule has 26 heavy (non-hydrogen) atoms. The van der Waals surface area contributed by atoms with Crippen LogP contribution in [0.1, 0.15) is 37.7 Å². The van der Waals surface area contributed by atoms with Gasteiger partial charge < -0.3 is 14.9 Å². The van der Waals surface area contributed by atoms with E-state index in [-0.39, 0.29) is 11.5 Å². The van der Waals surface area contributed by atoms with E-state index in [1.165, 1.54) is 17.0 Å². The molecule has 1 aliphatic rings. The van der Waals surface area contributed by atoms with Gasteiger partial charge in [-0.25, -0.2) is 9.78 Å². The van der Waals surface area contributed by atoms with Gasteiger partial charge in [0.1, 0.15) is 0 Å². The fourth-order valence-corrected chi connectivity index (χ4v) is 4.22. The van der Waals surface area contributed by atoms with E-state index in [2.05, 4.69) is 16.9 Å². The van der Waals surface area contributed by atoms with Crippen LogP contribution < -0.4 is 0 Å². The molecule has 0 radical (unpaired) electrons. The van der Waals surface area contributed by atoms with Crippen molar-refractivity contribution in [1.82, 2.24) is 14.8 Å². The van der Waals surface area contributed by atoms with Gasteiger partial charge in [0.05, 0.1) is 16.8 Å². The second-order valence-electron chi connectivity index (χ2n) is 6.85. The lowest BCUT2D eigenvalue weighted by Gasteiger charge is -2.21. The molecular weight excluding hydrogens is 350 g/mol. The van der Waals surface area contributed by atoms with Crippen molar-refractivity contribution >= 4 is 23.2 Å². The summed E-state index contributed by atoms with van der Waals surface area (Å²) in [6, 6.07) is 6.26. The lowest BCUT2D eigenvalue weighted by molar-refractivity contribution is 0.0697. The molecule has 2 aromatic rings. The first-order chi connectivity index (χ1) is 12.4. The number of aromatic nitrogens is 1. The van der Waals surface area contributed by atoms with E-state index in [0.717, 1.165) is 25.2 Å². The summed E-state index contributed by atoms with van der Waals surface area (Å²) in [6.07, 6.45) is 0.969. The van der Waals surface area contributed by atoms with Crippen LogP contribution in [0.4, 0.5) is 0 Å². The Morgan fingerprint density at radius 3 is 2.85 bits per heavy atom. The standard InChI is InChI=1S/C19H23N3O3S/c1-13-17(26-12-20-13)11-21(2)9-14-6-7-22(10-14)18(23)15-4-3-5-16(8-15)19(24)25/h3-5,8,12,14H,6-7,9-11H2,1-2H3,(H,24,25). The number of benzene rings is 1. The molecule has 0 bridgehead atoms. The van der Waals surface area contributed by atoms with Gasteiger partial charge in [-0.05, 0) is 44.5 Å². The molecule has 1 atom stereocenters. The summed E-state index contributed by atoms with van der Waals surface area (Å²) in [7, 11) is 2.10. The van der Waals surface area contributed by atoms with E-state index in [4.69, 9.17) is 5.11 Å². The van der Waals surface area contributed by atoms with E-state index in [9.17, 15) is 9.59 Å². The fraction of sp³-hybridized carbons (Fsp3) is 0.421. The third-order valence-corrected chi connectivity index (χ3v) is 5.68. The largest absolute Gasteiger partial charge is 0.478 e. The number of carboxylic acids is 1. The predicted octanol–water partition coefficient (Wildman–Crippen LogP) is 2.74. The average Bonchev–Trinajstić information content (AvgIpc) is 3.24. The molecule has 0 saturated carbocycles. The zero-order chi connectivity index (χ0) is 18.7. The van der Waals surface area contributed by atoms with Gasteiger partial charge in [-0.1, -0.05) is 6.07 Å². The van der Waals surface area contributed by atoms with Gasteiger partial charge >= 0.3 is 5.97 Å². The number of carbonyl (C=O) groups excluding carboxylic acids is 1. The normalized spacial score (nSPS) is 17.0. The Bertz CT molecular complexity index is 805. The van der Waals surface area contributed by atoms with Crippen LogP contribution in [0, 0.1) is 12.8 Å². The smallest absolute Gasteiger partial charge is 0.335 e. The number of nitrogens with zero attached hydrogens (tertiary/aromatic N) is 3. The number of aryl methyl sites for hydroxylation is 1. The van der Waals surface area contributed by atoms with Crippen molar-refractivity contribution < 1.29 is 14.7 Å². The maximum Gasteiger partial charge on any atom is 0.335 e. The highest BCUT2D eigenvalue weighted by atomic mass is 32.1. The van der Waals surface area contributed by atoms with Crippen LogP contribution >= 0.6 is 11.3 Å². The van der Waals surface area contributed by atoms with Crippen LogP contribution in [0.2, 0.25) is 0 Å². The summed E-state index contributed by atoms with van der Waals surface area (Å²) in [5.74, 6) is -0.671. The molecule has 1 amide bonds. The number of rotatable bonds is 6. The third kappa shape index (κ3) is 4.28. The first-order valence-electron chi connectivity index (χ1n) is 8.64. The van der Waals surface area contributed by atoms with Gasteiger partial charge in [0, 0.05) is 36.6 Å². The summed E-state index contributed by atoms with van der Waals surface area (Å²) in [5, 5.41) is 9.09. The molecule has 1 unspecified atom stereocenters. The fourth-order valence-electron chi connectivity index (χ4n) is 3.36. The van der Waals surface area contributed by atoms with E-state index in [0.29, 0.717) is 24.6 Å². The Labute approximate surface area is 157 Å². The van der Waals surface area contributed by atoms with Gasteiger partial charge in [0.2, 0.25) is 0 Å². The summed E-state index contributed by atoms with van der Waals surface area (Å²) in [5.41, 5.74) is 3.55. The molecule has 1 aromatic carbocycles. The molecule has 0 spiro atoms. The molecular formula is C19H23N3O3S. The number of carboxylic acid groups (broad SMARTS) is 1. The molecule has 1 aliphatic heterocycles. The van der Waals surface area contributed by atoms with Crippen molar-refractivity contribution in [3.05, 3.63) is 51.5 Å². The molecule has 1 N–H and O–H groups in total. The molecule has 138 valence electrons. The monoisotopic (exact) mass is 373 g/mol. The number of amides is 1. The summed E-state index contributed by atoms with van der Waals surface area (Å²) in [6.45, 7) is 5.26. The van der Waals surface area contributed by atoms with E-state index in [1.54, 1.807) is 23.5 Å². The maximum absolute atomic E-state index is 12.7. The topological polar surface area (TPSA) is 73.7 Å². The van der Waals surface area contributed by atoms with Gasteiger partial charge in [-0.3, -0.25) is 4.79 Å². The molecule has 1 saturated heterocycles. The van der Waals surface area contributed by atoms with Crippen LogP contribution in [-0.4, -0.2) is 58.4 Å². The second kappa shape index (κ2) is 7.97. The Balaban J connectivity index is 1.56. The number of carbonyl (C=O) groups is 2. The zero-order valence-corrected chi connectivity index (χ0v) is 15.8. The Morgan fingerprint density at radius 1 is 1.38 bits per heavy atom. The zero-order valence-electron chi connectivity index (χ0n) is 15.0. The van der Waals surface area contributed by atoms with E-state index < -0.39 is 5.97 Å². The SMILES string of the molecule is Cc1ncsc1CN(C)CC1CCN(C(=O)c2cccc(C(=O)O)c2)C1. The third-order valence-electron chi connectivity index (χ3n) is 4.76. The molecule has 1 aromatic heterocycles. The molecule has 6 nitrogen and oxygen atoms in total. The van der Waals surface area contributed by atoms with Crippen molar-refractivity contribution in [2.24, 2.45) is 5.92 Å². The number of aromatic carboxylic acids is 1. The molecule has 7 heteroatoms. The van der Waals surface area contributed by atoms with Gasteiger partial charge in [0.15, 0.2) is 0 Å². The van der Waals surface area contributed by atoms with Crippen molar-refractivity contribution in [2.75, 3.05) is 26.7 Å². The van der Waals surface area contributed by atoms with Crippen molar-refractivity contribution in [3.63, 3.8) is 0 Å². The highest BCUT2D eigenvalue weighted by Gasteiger charge is 2.28. The summed E-state index contributed by atoms with van der Waals surface area (Å²) < 4.78 is 0. The Kier molecular flexibility index (Phi) is 5.68. The average molecular weight is 373 g/mol. The number of likely N-dealkylation sites (tertiary alicyclic amines) is 1. The first-order valence-corrected chi connectivity index (χ1v) is 9.52. The number of thiazole rings is 1. The Morgan fingerprint density at radius 2 is 2.15 bits per heavy atom. The lowest BCUT2D eigenvalue weighted by Crippen LogP contribution is -2.31. The second-order valence-corrected chi connectivity index (χ2v) is 7.79. The van der Waals surface area contributed by atoms with Crippen LogP contribution in [0.25, 0.3) is 0 Å². The molecule has 0 aliphatic carbocycles. The first kappa shape index (κ1) is 18.5. The highest BCUT2D eigenvalue weighted by Crippen LogP contribution is 2.22. The maximum atomic E-state index is 12.7. The van der Waals surface area contributed by atoms with Crippen LogP contribution in [-0.2, 0) is 6.54 Å². The molecule has 2 heterocycles. The quantitative estimate of drug-likeness (QED) is 0.843. The highest BCUT2D eigenvalue weighted by molar-refractivity contribution is 7.09. The van der Waals surface area contributed by atoms with Crippen LogP contribution in [0.15, 0.2) is 29.8 Å². The van der Waals surface area contributed by atoms with E-state index in [1.807, 2.05) is 17.3 Å². The van der Waals surface area contributed by atoms with Crippen LogP contribution in [0.3, 0.4) is 0 Å². The van der Waals surface area contributed by atoms with Crippen molar-refractivity contribution in [3.8, 4) is 0 Å². The minimum absolute atomic E-state index is 0.0865. The Hall–Kier alpha value is -2.25. The minimum Gasteiger partial charge on any atom is -0.478 e. The molecule has 1 fully saturated rings. The summed E-state index contributed by atoms with van der Waals surface area (Å²) >= 11 is 1.68. The van der Waals surface area contributed by atoms with Gasteiger partial charge in [-0.2, -0.15) is 0 Å². The van der Waals surface area contributed by atoms with E-state index >= 15 is 0 Å². The van der Waals surface area contributed by atoms with Crippen LogP contribution in [0.5, 0.6) is 0 Å². The lowest BCUT2D eigenvalue weighted by atomic mass is 10.1. The van der Waals surface area contributed by atoms with Crippen molar-refractivity contribution in [1.29, 1.82) is 0 Å².